The van der Waals surface area contributed by atoms with Crippen molar-refractivity contribution >= 4 is 15.9 Å². The molecule has 2 rings (SSSR count). The van der Waals surface area contributed by atoms with Crippen LogP contribution in [0.15, 0.2) is 28.7 Å². The average Bonchev–Trinajstić information content (AvgIpc) is 2.70. The van der Waals surface area contributed by atoms with Crippen LogP contribution in [0.1, 0.15) is 26.2 Å². The number of hydrogen-bond acceptors (Lipinski definition) is 2. The molecule has 0 aliphatic carbocycles. The molecule has 1 aliphatic heterocycles. The third kappa shape index (κ3) is 3.49. The minimum Gasteiger partial charge on any atom is -0.491 e. The van der Waals surface area contributed by atoms with Crippen molar-refractivity contribution in [3.8, 4) is 5.75 Å². The van der Waals surface area contributed by atoms with Gasteiger partial charge >= 0.3 is 0 Å². The maximum Gasteiger partial charge on any atom is 0.120 e. The Bertz CT molecular complexity index is 336. The van der Waals surface area contributed by atoms with Gasteiger partial charge in [-0.05, 0) is 50.9 Å². The molecule has 16 heavy (non-hydrogen) atoms. The summed E-state index contributed by atoms with van der Waals surface area (Å²) in [5.74, 6) is 0.944. The Labute approximate surface area is 106 Å². The predicted octanol–water partition coefficient (Wildman–Crippen LogP) is 3.36. The number of benzene rings is 1. The second-order valence-electron chi connectivity index (χ2n) is 4.41. The van der Waals surface area contributed by atoms with E-state index in [-0.39, 0.29) is 6.10 Å². The summed E-state index contributed by atoms with van der Waals surface area (Å²) in [5.41, 5.74) is 0. The standard InChI is InChI=1S/C13H18BrNO/c1-10(8-12-5-3-7-15-12)16-13-6-2-4-11(14)9-13/h2,4,6,9-10,12,15H,3,5,7-8H2,1H3. The monoisotopic (exact) mass is 283 g/mol. The summed E-state index contributed by atoms with van der Waals surface area (Å²) in [5, 5.41) is 3.50. The maximum atomic E-state index is 5.89. The van der Waals surface area contributed by atoms with Gasteiger partial charge < -0.3 is 10.1 Å². The quantitative estimate of drug-likeness (QED) is 0.915. The van der Waals surface area contributed by atoms with Crippen molar-refractivity contribution in [1.82, 2.24) is 5.32 Å². The summed E-state index contributed by atoms with van der Waals surface area (Å²) in [6.07, 6.45) is 3.94. The highest BCUT2D eigenvalue weighted by Crippen LogP contribution is 2.20. The average molecular weight is 284 g/mol. The van der Waals surface area contributed by atoms with Gasteiger partial charge in [0.05, 0.1) is 6.10 Å². The van der Waals surface area contributed by atoms with Gasteiger partial charge in [-0.25, -0.2) is 0 Å². The highest BCUT2D eigenvalue weighted by Gasteiger charge is 2.17. The molecule has 2 nitrogen and oxygen atoms in total. The molecule has 0 bridgehead atoms. The lowest BCUT2D eigenvalue weighted by molar-refractivity contribution is 0.196. The van der Waals surface area contributed by atoms with Crippen molar-refractivity contribution in [2.45, 2.75) is 38.3 Å². The zero-order valence-electron chi connectivity index (χ0n) is 9.58. The van der Waals surface area contributed by atoms with E-state index in [9.17, 15) is 0 Å². The van der Waals surface area contributed by atoms with Crippen molar-refractivity contribution in [2.75, 3.05) is 6.54 Å². The summed E-state index contributed by atoms with van der Waals surface area (Å²) in [6.45, 7) is 3.30. The molecule has 0 amide bonds. The van der Waals surface area contributed by atoms with Gasteiger partial charge in [-0.1, -0.05) is 22.0 Å². The smallest absolute Gasteiger partial charge is 0.120 e. The van der Waals surface area contributed by atoms with Gasteiger partial charge in [-0.2, -0.15) is 0 Å². The van der Waals surface area contributed by atoms with E-state index in [2.05, 4.69) is 28.2 Å². The van der Waals surface area contributed by atoms with Crippen molar-refractivity contribution in [3.63, 3.8) is 0 Å². The van der Waals surface area contributed by atoms with E-state index in [1.54, 1.807) is 0 Å². The molecule has 1 aromatic carbocycles. The highest BCUT2D eigenvalue weighted by molar-refractivity contribution is 9.10. The molecule has 1 aromatic rings. The van der Waals surface area contributed by atoms with Gasteiger partial charge in [0.2, 0.25) is 0 Å². The van der Waals surface area contributed by atoms with E-state index >= 15 is 0 Å². The van der Waals surface area contributed by atoms with Crippen molar-refractivity contribution in [3.05, 3.63) is 28.7 Å². The molecule has 0 radical (unpaired) electrons. The number of halogens is 1. The molecular formula is C13H18BrNO. The molecule has 0 saturated carbocycles. The van der Waals surface area contributed by atoms with Crippen LogP contribution in [0.2, 0.25) is 0 Å². The second-order valence-corrected chi connectivity index (χ2v) is 5.33. The van der Waals surface area contributed by atoms with Gasteiger partial charge in [-0.15, -0.1) is 0 Å². The maximum absolute atomic E-state index is 5.89. The summed E-state index contributed by atoms with van der Waals surface area (Å²) >= 11 is 3.45. The normalized spacial score (nSPS) is 22.0. The number of nitrogens with one attached hydrogen (secondary N) is 1. The van der Waals surface area contributed by atoms with E-state index in [1.807, 2.05) is 24.3 Å². The lowest BCUT2D eigenvalue weighted by atomic mass is 10.1. The lowest BCUT2D eigenvalue weighted by Crippen LogP contribution is -2.28. The molecule has 88 valence electrons. The number of ether oxygens (including phenoxy) is 1. The third-order valence-corrected chi connectivity index (χ3v) is 3.41. The summed E-state index contributed by atoms with van der Waals surface area (Å²) < 4.78 is 6.95. The van der Waals surface area contributed by atoms with Crippen LogP contribution in [-0.4, -0.2) is 18.7 Å². The molecule has 2 atom stereocenters. The molecule has 1 aliphatic rings. The van der Waals surface area contributed by atoms with Crippen LogP contribution < -0.4 is 10.1 Å². The topological polar surface area (TPSA) is 21.3 Å². The zero-order valence-corrected chi connectivity index (χ0v) is 11.2. The lowest BCUT2D eigenvalue weighted by Gasteiger charge is -2.18. The van der Waals surface area contributed by atoms with E-state index in [4.69, 9.17) is 4.74 Å². The zero-order chi connectivity index (χ0) is 11.4. The van der Waals surface area contributed by atoms with Gasteiger partial charge in [0.15, 0.2) is 0 Å². The molecule has 1 N–H and O–H groups in total. The van der Waals surface area contributed by atoms with Crippen molar-refractivity contribution in [1.29, 1.82) is 0 Å². The van der Waals surface area contributed by atoms with Crippen LogP contribution in [0.5, 0.6) is 5.75 Å². The summed E-state index contributed by atoms with van der Waals surface area (Å²) in [6, 6.07) is 8.67. The van der Waals surface area contributed by atoms with Crippen LogP contribution in [-0.2, 0) is 0 Å². The minimum absolute atomic E-state index is 0.268. The Morgan fingerprint density at radius 3 is 3.12 bits per heavy atom. The van der Waals surface area contributed by atoms with Gasteiger partial charge in [0, 0.05) is 10.5 Å². The van der Waals surface area contributed by atoms with Crippen LogP contribution in [0.3, 0.4) is 0 Å². The van der Waals surface area contributed by atoms with Crippen LogP contribution in [0.25, 0.3) is 0 Å². The Morgan fingerprint density at radius 1 is 1.56 bits per heavy atom. The van der Waals surface area contributed by atoms with Crippen molar-refractivity contribution in [2.24, 2.45) is 0 Å². The first-order valence-electron chi connectivity index (χ1n) is 5.89. The largest absolute Gasteiger partial charge is 0.491 e. The highest BCUT2D eigenvalue weighted by atomic mass is 79.9. The van der Waals surface area contributed by atoms with E-state index in [0.717, 1.165) is 23.2 Å². The summed E-state index contributed by atoms with van der Waals surface area (Å²) in [7, 11) is 0. The predicted molar refractivity (Wildman–Crippen MR) is 69.9 cm³/mol. The Morgan fingerprint density at radius 2 is 2.44 bits per heavy atom. The molecule has 0 aromatic heterocycles. The van der Waals surface area contributed by atoms with E-state index < -0.39 is 0 Å². The van der Waals surface area contributed by atoms with Crippen LogP contribution >= 0.6 is 15.9 Å². The number of hydrogen-bond donors (Lipinski definition) is 1. The molecule has 1 heterocycles. The Kier molecular flexibility index (Phi) is 4.24. The second kappa shape index (κ2) is 5.69. The fraction of sp³-hybridized carbons (Fsp3) is 0.538. The Balaban J connectivity index is 1.84. The minimum atomic E-state index is 0.268. The fourth-order valence-corrected chi connectivity index (χ4v) is 2.56. The van der Waals surface area contributed by atoms with Crippen molar-refractivity contribution < 1.29 is 4.74 Å². The van der Waals surface area contributed by atoms with Gasteiger partial charge in [0.25, 0.3) is 0 Å². The third-order valence-electron chi connectivity index (χ3n) is 2.91. The van der Waals surface area contributed by atoms with Gasteiger partial charge in [-0.3, -0.25) is 0 Å². The van der Waals surface area contributed by atoms with Gasteiger partial charge in [0.1, 0.15) is 5.75 Å². The fourth-order valence-electron chi connectivity index (χ4n) is 2.18. The van der Waals surface area contributed by atoms with Crippen LogP contribution in [0, 0.1) is 0 Å². The molecule has 2 unspecified atom stereocenters. The SMILES string of the molecule is CC(CC1CCCN1)Oc1cccc(Br)c1. The molecule has 3 heteroatoms. The Hall–Kier alpha value is -0.540. The first-order valence-corrected chi connectivity index (χ1v) is 6.69. The van der Waals surface area contributed by atoms with Crippen LogP contribution in [0.4, 0.5) is 0 Å². The molecular weight excluding hydrogens is 266 g/mol. The van der Waals surface area contributed by atoms with E-state index in [1.165, 1.54) is 12.8 Å². The first kappa shape index (κ1) is 11.9. The first-order chi connectivity index (χ1) is 7.74. The summed E-state index contributed by atoms with van der Waals surface area (Å²) in [4.78, 5) is 0. The molecule has 0 spiro atoms. The van der Waals surface area contributed by atoms with E-state index in [0.29, 0.717) is 6.04 Å². The molecule has 1 fully saturated rings. The number of rotatable bonds is 4. The molecule has 1 saturated heterocycles.